The number of hydrogen-bond acceptors (Lipinski definition) is 9. The van der Waals surface area contributed by atoms with Crippen LogP contribution in [0.5, 0.6) is 0 Å². The SMILES string of the molecule is NNC(=O)CCCCC(=O)NNC1OC(CO)C(O)C(O)C1NCl. The van der Waals surface area contributed by atoms with Gasteiger partial charge in [0, 0.05) is 12.8 Å². The van der Waals surface area contributed by atoms with Gasteiger partial charge < -0.3 is 20.1 Å². The minimum atomic E-state index is -1.33. The molecule has 11 nitrogen and oxygen atoms in total. The van der Waals surface area contributed by atoms with Gasteiger partial charge in [-0.15, -0.1) is 0 Å². The number of halogens is 1. The molecule has 0 aromatic rings. The molecule has 1 rings (SSSR count). The van der Waals surface area contributed by atoms with Crippen LogP contribution in [0.3, 0.4) is 0 Å². The molecule has 24 heavy (non-hydrogen) atoms. The number of aliphatic hydroxyl groups excluding tert-OH is 3. The average molecular weight is 370 g/mol. The van der Waals surface area contributed by atoms with E-state index in [4.69, 9.17) is 27.5 Å². The van der Waals surface area contributed by atoms with Crippen LogP contribution in [0.4, 0.5) is 0 Å². The topological polar surface area (TPSA) is 178 Å². The molecule has 0 aromatic carbocycles. The first kappa shape index (κ1) is 21.0. The molecule has 1 fully saturated rings. The van der Waals surface area contributed by atoms with Gasteiger partial charge in [-0.3, -0.25) is 20.4 Å². The van der Waals surface area contributed by atoms with Crippen molar-refractivity contribution in [2.24, 2.45) is 5.84 Å². The highest BCUT2D eigenvalue weighted by Gasteiger charge is 2.44. The summed E-state index contributed by atoms with van der Waals surface area (Å²) in [4.78, 5) is 24.9. The predicted molar refractivity (Wildman–Crippen MR) is 82.6 cm³/mol. The number of carbonyl (C=O) groups excluding carboxylic acids is 2. The minimum absolute atomic E-state index is 0.158. The summed E-state index contributed by atoms with van der Waals surface area (Å²) in [5, 5.41) is 28.8. The molecule has 0 bridgehead atoms. The van der Waals surface area contributed by atoms with Crippen molar-refractivity contribution in [2.45, 2.75) is 56.3 Å². The van der Waals surface area contributed by atoms with E-state index in [0.29, 0.717) is 12.8 Å². The Morgan fingerprint density at radius 3 is 2.29 bits per heavy atom. The summed E-state index contributed by atoms with van der Waals surface area (Å²) in [6.45, 7) is -0.511. The minimum Gasteiger partial charge on any atom is -0.394 e. The van der Waals surface area contributed by atoms with Crippen LogP contribution < -0.4 is 27.0 Å². The molecule has 0 aromatic heterocycles. The molecule has 1 saturated heterocycles. The normalized spacial score (nSPS) is 30.0. The first-order chi connectivity index (χ1) is 11.4. The Bertz CT molecular complexity index is 417. The zero-order valence-electron chi connectivity index (χ0n) is 12.9. The summed E-state index contributed by atoms with van der Waals surface area (Å²) in [6.07, 6.45) is -3.26. The maximum absolute atomic E-state index is 11.7. The number of carbonyl (C=O) groups is 2. The molecule has 1 aliphatic rings. The Balaban J connectivity index is 2.38. The van der Waals surface area contributed by atoms with Crippen LogP contribution in [-0.4, -0.2) is 64.3 Å². The van der Waals surface area contributed by atoms with Gasteiger partial charge in [-0.2, -0.15) is 0 Å². The Hall–Kier alpha value is -1.05. The van der Waals surface area contributed by atoms with Crippen molar-refractivity contribution in [3.05, 3.63) is 0 Å². The van der Waals surface area contributed by atoms with E-state index in [1.165, 1.54) is 0 Å². The third kappa shape index (κ3) is 6.11. The van der Waals surface area contributed by atoms with Crippen LogP contribution in [0, 0.1) is 0 Å². The Morgan fingerprint density at radius 2 is 1.75 bits per heavy atom. The fraction of sp³-hybridized carbons (Fsp3) is 0.833. The van der Waals surface area contributed by atoms with E-state index in [0.717, 1.165) is 0 Å². The molecule has 5 atom stereocenters. The number of nitrogens with one attached hydrogen (secondary N) is 4. The third-order valence-corrected chi connectivity index (χ3v) is 3.88. The maximum atomic E-state index is 11.7. The van der Waals surface area contributed by atoms with E-state index in [2.05, 4.69) is 15.7 Å². The number of hydrogen-bond donors (Lipinski definition) is 8. The summed E-state index contributed by atoms with van der Waals surface area (Å²) < 4.78 is 5.34. The number of hydrazine groups is 2. The van der Waals surface area contributed by atoms with Crippen LogP contribution in [0.2, 0.25) is 0 Å². The van der Waals surface area contributed by atoms with Gasteiger partial charge in [0.15, 0.2) is 0 Å². The van der Waals surface area contributed by atoms with Gasteiger partial charge in [-0.25, -0.2) is 16.1 Å². The standard InChI is InChI=1S/C12H24ClN5O6/c13-15-9-11(23)10(22)6(5-19)24-12(9)18-17-8(21)4-2-1-3-7(20)16-14/h6,9-12,15,18-19,22-23H,1-5,14H2,(H,16,20)(H,17,21). The van der Waals surface area contributed by atoms with E-state index in [9.17, 15) is 19.8 Å². The van der Waals surface area contributed by atoms with Crippen molar-refractivity contribution >= 4 is 23.6 Å². The average Bonchev–Trinajstić information content (AvgIpc) is 2.59. The van der Waals surface area contributed by atoms with E-state index >= 15 is 0 Å². The van der Waals surface area contributed by atoms with Crippen LogP contribution in [0.25, 0.3) is 0 Å². The molecule has 9 N–H and O–H groups in total. The lowest BCUT2D eigenvalue weighted by Gasteiger charge is -2.41. The Labute approximate surface area is 143 Å². The number of ether oxygens (including phenoxy) is 1. The second-order valence-corrected chi connectivity index (χ2v) is 5.58. The van der Waals surface area contributed by atoms with Gasteiger partial charge >= 0.3 is 0 Å². The van der Waals surface area contributed by atoms with Crippen molar-refractivity contribution < 1.29 is 29.6 Å². The Morgan fingerprint density at radius 1 is 1.12 bits per heavy atom. The molecule has 12 heteroatoms. The van der Waals surface area contributed by atoms with Gasteiger partial charge in [0.1, 0.15) is 24.5 Å². The maximum Gasteiger partial charge on any atom is 0.234 e. The van der Waals surface area contributed by atoms with Crippen LogP contribution in [-0.2, 0) is 14.3 Å². The molecule has 0 spiro atoms. The molecular weight excluding hydrogens is 346 g/mol. The van der Waals surface area contributed by atoms with E-state index in [1.807, 2.05) is 5.43 Å². The van der Waals surface area contributed by atoms with Crippen molar-refractivity contribution in [3.63, 3.8) is 0 Å². The highest BCUT2D eigenvalue weighted by molar-refractivity contribution is 6.13. The highest BCUT2D eigenvalue weighted by Crippen LogP contribution is 2.19. The fourth-order valence-electron chi connectivity index (χ4n) is 2.22. The van der Waals surface area contributed by atoms with Gasteiger partial charge in [0.2, 0.25) is 11.8 Å². The second kappa shape index (κ2) is 10.7. The second-order valence-electron chi connectivity index (χ2n) is 5.36. The van der Waals surface area contributed by atoms with E-state index in [1.54, 1.807) is 0 Å². The van der Waals surface area contributed by atoms with Crippen molar-refractivity contribution in [2.75, 3.05) is 6.61 Å². The van der Waals surface area contributed by atoms with Crippen LogP contribution in [0.15, 0.2) is 0 Å². The number of aliphatic hydroxyl groups is 3. The zero-order valence-corrected chi connectivity index (χ0v) is 13.7. The highest BCUT2D eigenvalue weighted by atomic mass is 35.5. The molecular formula is C12H24ClN5O6. The molecule has 5 unspecified atom stereocenters. The lowest BCUT2D eigenvalue weighted by Crippen LogP contribution is -2.67. The Kier molecular flexibility index (Phi) is 9.39. The summed E-state index contributed by atoms with van der Waals surface area (Å²) in [7, 11) is 0. The summed E-state index contributed by atoms with van der Waals surface area (Å²) in [5.41, 5.74) is 6.93. The lowest BCUT2D eigenvalue weighted by atomic mass is 9.97. The summed E-state index contributed by atoms with van der Waals surface area (Å²) >= 11 is 5.52. The molecule has 0 radical (unpaired) electrons. The number of nitrogens with two attached hydrogens (primary N) is 1. The van der Waals surface area contributed by atoms with E-state index in [-0.39, 0.29) is 24.7 Å². The number of amides is 2. The zero-order chi connectivity index (χ0) is 18.1. The van der Waals surface area contributed by atoms with Crippen molar-refractivity contribution in [1.29, 1.82) is 0 Å². The monoisotopic (exact) mass is 369 g/mol. The predicted octanol–water partition coefficient (Wildman–Crippen LogP) is -3.29. The third-order valence-electron chi connectivity index (χ3n) is 3.62. The van der Waals surface area contributed by atoms with Gasteiger partial charge in [-0.05, 0) is 24.6 Å². The van der Waals surface area contributed by atoms with Crippen molar-refractivity contribution in [1.82, 2.24) is 21.1 Å². The smallest absolute Gasteiger partial charge is 0.234 e. The van der Waals surface area contributed by atoms with Crippen LogP contribution in [0.1, 0.15) is 25.7 Å². The largest absolute Gasteiger partial charge is 0.394 e. The molecule has 140 valence electrons. The van der Waals surface area contributed by atoms with E-state index < -0.39 is 37.2 Å². The lowest BCUT2D eigenvalue weighted by molar-refractivity contribution is -0.202. The number of rotatable bonds is 9. The molecule has 1 aliphatic heterocycles. The van der Waals surface area contributed by atoms with Gasteiger partial charge in [0.25, 0.3) is 0 Å². The first-order valence-corrected chi connectivity index (χ1v) is 7.84. The summed E-state index contributed by atoms with van der Waals surface area (Å²) in [6, 6.07) is -0.919. The van der Waals surface area contributed by atoms with Gasteiger partial charge in [-0.1, -0.05) is 0 Å². The van der Waals surface area contributed by atoms with Crippen molar-refractivity contribution in [3.8, 4) is 0 Å². The summed E-state index contributed by atoms with van der Waals surface area (Å²) in [5.74, 6) is 4.28. The number of unbranched alkanes of at least 4 members (excludes halogenated alkanes) is 1. The van der Waals surface area contributed by atoms with Gasteiger partial charge in [0.05, 0.1) is 12.6 Å². The molecule has 0 aliphatic carbocycles. The fourth-order valence-corrected chi connectivity index (χ4v) is 2.46. The molecule has 0 saturated carbocycles. The quantitative estimate of drug-likeness (QED) is 0.0679. The molecule has 1 heterocycles. The molecule has 2 amide bonds. The van der Waals surface area contributed by atoms with Crippen LogP contribution >= 0.6 is 11.8 Å². The first-order valence-electron chi connectivity index (χ1n) is 7.47.